The Morgan fingerprint density at radius 2 is 1.68 bits per heavy atom. The molecule has 0 atom stereocenters. The molecule has 4 rings (SSSR count). The maximum atomic E-state index is 13.1. The van der Waals surface area contributed by atoms with E-state index in [0.717, 1.165) is 19.6 Å². The van der Waals surface area contributed by atoms with E-state index < -0.39 is 10.0 Å². The number of aryl methyl sites for hydroxylation is 1. The van der Waals surface area contributed by atoms with Gasteiger partial charge in [-0.05, 0) is 24.6 Å². The molecule has 1 amide bonds. The van der Waals surface area contributed by atoms with Crippen molar-refractivity contribution in [2.24, 2.45) is 0 Å². The van der Waals surface area contributed by atoms with E-state index in [2.05, 4.69) is 24.3 Å². The summed E-state index contributed by atoms with van der Waals surface area (Å²) in [6, 6.07) is 15.4. The number of quaternary nitrogens is 1. The maximum absolute atomic E-state index is 13.1. The molecule has 8 heteroatoms. The van der Waals surface area contributed by atoms with Crippen LogP contribution in [0.1, 0.15) is 21.5 Å². The zero-order valence-corrected chi connectivity index (χ0v) is 18.7. The number of nitrogens with one attached hydrogen (secondary N) is 1. The predicted molar refractivity (Wildman–Crippen MR) is 118 cm³/mol. The topological polar surface area (TPSA) is 71.4 Å². The molecule has 2 aliphatic heterocycles. The van der Waals surface area contributed by atoms with Gasteiger partial charge in [-0.15, -0.1) is 0 Å². The summed E-state index contributed by atoms with van der Waals surface area (Å²) in [5, 5.41) is 0. The Labute approximate surface area is 184 Å². The lowest BCUT2D eigenvalue weighted by molar-refractivity contribution is -0.917. The van der Waals surface area contributed by atoms with Crippen molar-refractivity contribution in [1.29, 1.82) is 0 Å². The molecule has 7 nitrogen and oxygen atoms in total. The van der Waals surface area contributed by atoms with Gasteiger partial charge in [0.2, 0.25) is 10.0 Å². The Morgan fingerprint density at radius 1 is 1.00 bits per heavy atom. The van der Waals surface area contributed by atoms with Crippen molar-refractivity contribution in [2.45, 2.75) is 18.4 Å². The van der Waals surface area contributed by atoms with Crippen LogP contribution < -0.4 is 4.90 Å². The molecule has 2 aromatic carbocycles. The minimum atomic E-state index is -3.64. The van der Waals surface area contributed by atoms with Crippen molar-refractivity contribution in [1.82, 2.24) is 9.21 Å². The molecule has 2 aliphatic rings. The van der Waals surface area contributed by atoms with Crippen molar-refractivity contribution in [3.05, 3.63) is 65.2 Å². The number of sulfonamides is 1. The average Bonchev–Trinajstić information content (AvgIpc) is 2.80. The van der Waals surface area contributed by atoms with Crippen LogP contribution in [-0.4, -0.2) is 76.0 Å². The monoisotopic (exact) mass is 444 g/mol. The summed E-state index contributed by atoms with van der Waals surface area (Å²) in [4.78, 5) is 16.6. The van der Waals surface area contributed by atoms with E-state index in [1.807, 2.05) is 11.0 Å². The minimum absolute atomic E-state index is 0.0998. The van der Waals surface area contributed by atoms with Crippen molar-refractivity contribution in [3.8, 4) is 0 Å². The Bertz CT molecular complexity index is 1010. The minimum Gasteiger partial charge on any atom is -0.379 e. The van der Waals surface area contributed by atoms with Crippen LogP contribution in [0, 0.1) is 6.92 Å². The summed E-state index contributed by atoms with van der Waals surface area (Å²) in [7, 11) is -3.64. The molecule has 0 unspecified atom stereocenters. The van der Waals surface area contributed by atoms with E-state index in [-0.39, 0.29) is 10.8 Å². The molecule has 1 N–H and O–H groups in total. The van der Waals surface area contributed by atoms with Gasteiger partial charge in [-0.2, -0.15) is 4.31 Å². The maximum Gasteiger partial charge on any atom is 0.254 e. The quantitative estimate of drug-likeness (QED) is 0.732. The summed E-state index contributed by atoms with van der Waals surface area (Å²) in [5.74, 6) is -0.0998. The van der Waals surface area contributed by atoms with Crippen LogP contribution >= 0.6 is 0 Å². The van der Waals surface area contributed by atoms with Gasteiger partial charge in [0.1, 0.15) is 6.54 Å². The van der Waals surface area contributed by atoms with Crippen LogP contribution in [0.4, 0.5) is 0 Å². The molecular weight excluding hydrogens is 414 g/mol. The van der Waals surface area contributed by atoms with E-state index in [4.69, 9.17) is 4.74 Å². The zero-order chi connectivity index (χ0) is 21.8. The number of amides is 1. The summed E-state index contributed by atoms with van der Waals surface area (Å²) in [5.41, 5.74) is 2.39. The third-order valence-electron chi connectivity index (χ3n) is 6.08. The fourth-order valence-electron chi connectivity index (χ4n) is 4.21. The van der Waals surface area contributed by atoms with Gasteiger partial charge in [0, 0.05) is 24.2 Å². The standard InChI is InChI=1S/C23H29N3O4S/c1-19-7-8-21(17-22(19)31(28,29)26-13-15-30-16-14-26)23(27)25-11-9-24(10-12-25)18-20-5-3-2-4-6-20/h2-8,17H,9-16,18H2,1H3/p+1. The molecule has 0 spiro atoms. The average molecular weight is 445 g/mol. The van der Waals surface area contributed by atoms with E-state index in [1.165, 1.54) is 14.8 Å². The molecule has 0 bridgehead atoms. The molecule has 2 fully saturated rings. The fraction of sp³-hybridized carbons (Fsp3) is 0.435. The van der Waals surface area contributed by atoms with Crippen LogP contribution in [0.25, 0.3) is 0 Å². The van der Waals surface area contributed by atoms with Gasteiger partial charge in [-0.25, -0.2) is 8.42 Å². The predicted octanol–water partition coefficient (Wildman–Crippen LogP) is 0.557. The lowest BCUT2D eigenvalue weighted by Crippen LogP contribution is -3.13. The SMILES string of the molecule is Cc1ccc(C(=O)N2CC[NH+](Cc3ccccc3)CC2)cc1S(=O)(=O)N1CCOCC1. The third kappa shape index (κ3) is 4.98. The molecule has 31 heavy (non-hydrogen) atoms. The van der Waals surface area contributed by atoms with Gasteiger partial charge in [0.15, 0.2) is 0 Å². The van der Waals surface area contributed by atoms with E-state index in [1.54, 1.807) is 25.1 Å². The molecule has 0 saturated carbocycles. The van der Waals surface area contributed by atoms with Gasteiger partial charge < -0.3 is 14.5 Å². The largest absolute Gasteiger partial charge is 0.379 e. The van der Waals surface area contributed by atoms with Crippen LogP contribution in [-0.2, 0) is 21.3 Å². The van der Waals surface area contributed by atoms with Crippen molar-refractivity contribution < 1.29 is 22.8 Å². The van der Waals surface area contributed by atoms with Gasteiger partial charge in [0.25, 0.3) is 5.91 Å². The van der Waals surface area contributed by atoms with Gasteiger partial charge in [-0.1, -0.05) is 36.4 Å². The molecule has 0 radical (unpaired) electrons. The highest BCUT2D eigenvalue weighted by Gasteiger charge is 2.30. The molecule has 0 aromatic heterocycles. The van der Waals surface area contributed by atoms with Crippen LogP contribution in [0.15, 0.2) is 53.4 Å². The zero-order valence-electron chi connectivity index (χ0n) is 17.9. The lowest BCUT2D eigenvalue weighted by Gasteiger charge is -2.32. The number of morpholine rings is 1. The first-order valence-electron chi connectivity index (χ1n) is 10.8. The van der Waals surface area contributed by atoms with Crippen LogP contribution in [0.3, 0.4) is 0 Å². The number of benzene rings is 2. The Balaban J connectivity index is 1.44. The summed E-state index contributed by atoms with van der Waals surface area (Å²) in [6.45, 7) is 7.29. The first kappa shape index (κ1) is 22.0. The number of nitrogens with zero attached hydrogens (tertiary/aromatic N) is 2. The Morgan fingerprint density at radius 3 is 2.35 bits per heavy atom. The van der Waals surface area contributed by atoms with Gasteiger partial charge >= 0.3 is 0 Å². The van der Waals surface area contributed by atoms with E-state index in [9.17, 15) is 13.2 Å². The second-order valence-corrected chi connectivity index (χ2v) is 10.1. The number of ether oxygens (including phenoxy) is 1. The van der Waals surface area contributed by atoms with E-state index in [0.29, 0.717) is 50.5 Å². The molecule has 0 aliphatic carbocycles. The molecule has 2 aromatic rings. The number of piperazine rings is 1. The van der Waals surface area contributed by atoms with Crippen molar-refractivity contribution >= 4 is 15.9 Å². The number of rotatable bonds is 5. The molecule has 2 saturated heterocycles. The molecule has 166 valence electrons. The fourth-order valence-corrected chi connectivity index (χ4v) is 5.87. The number of carbonyl (C=O) groups is 1. The Hall–Kier alpha value is -2.26. The molecular formula is C23H30N3O4S+. The summed E-state index contributed by atoms with van der Waals surface area (Å²) >= 11 is 0. The lowest BCUT2D eigenvalue weighted by atomic mass is 10.1. The highest BCUT2D eigenvalue weighted by atomic mass is 32.2. The van der Waals surface area contributed by atoms with Crippen LogP contribution in [0.5, 0.6) is 0 Å². The highest BCUT2D eigenvalue weighted by molar-refractivity contribution is 7.89. The van der Waals surface area contributed by atoms with Crippen molar-refractivity contribution in [3.63, 3.8) is 0 Å². The third-order valence-corrected chi connectivity index (χ3v) is 8.12. The molecule has 2 heterocycles. The normalized spacial score (nSPS) is 18.8. The van der Waals surface area contributed by atoms with E-state index >= 15 is 0 Å². The number of hydrogen-bond acceptors (Lipinski definition) is 4. The highest BCUT2D eigenvalue weighted by Crippen LogP contribution is 2.23. The summed E-state index contributed by atoms with van der Waals surface area (Å²) < 4.78 is 33.0. The number of carbonyl (C=O) groups excluding carboxylic acids is 1. The second-order valence-electron chi connectivity index (χ2n) is 8.20. The first-order chi connectivity index (χ1) is 14.9. The van der Waals surface area contributed by atoms with Gasteiger partial charge in [0.05, 0.1) is 44.3 Å². The summed E-state index contributed by atoms with van der Waals surface area (Å²) in [6.07, 6.45) is 0. The first-order valence-corrected chi connectivity index (χ1v) is 12.2. The second kappa shape index (κ2) is 9.48. The van der Waals surface area contributed by atoms with Crippen LogP contribution in [0.2, 0.25) is 0 Å². The number of hydrogen-bond donors (Lipinski definition) is 1. The van der Waals surface area contributed by atoms with Crippen molar-refractivity contribution in [2.75, 3.05) is 52.5 Å². The smallest absolute Gasteiger partial charge is 0.254 e. The Kier molecular flexibility index (Phi) is 6.71. The van der Waals surface area contributed by atoms with Gasteiger partial charge in [-0.3, -0.25) is 4.79 Å².